The molecule has 3 rings (SSSR count). The Labute approximate surface area is 133 Å². The van der Waals surface area contributed by atoms with Crippen LogP contribution >= 0.6 is 11.8 Å². The fourth-order valence-electron chi connectivity index (χ4n) is 3.66. The predicted octanol–water partition coefficient (Wildman–Crippen LogP) is 4.34. The van der Waals surface area contributed by atoms with E-state index in [1.54, 1.807) is 0 Å². The highest BCUT2D eigenvalue weighted by Gasteiger charge is 2.29. The average Bonchev–Trinajstić information content (AvgIpc) is 3.13. The second-order valence-electron chi connectivity index (χ2n) is 6.12. The molecule has 0 amide bonds. The molecule has 3 atom stereocenters. The zero-order valence-electron chi connectivity index (χ0n) is 13.2. The number of benzene rings is 1. The molecular weight excluding hydrogens is 278 g/mol. The van der Waals surface area contributed by atoms with Gasteiger partial charge in [0.2, 0.25) is 0 Å². The lowest BCUT2D eigenvalue weighted by molar-refractivity contribution is 0.356. The van der Waals surface area contributed by atoms with Crippen LogP contribution in [-0.4, -0.2) is 23.7 Å². The lowest BCUT2D eigenvalue weighted by Gasteiger charge is -2.27. The summed E-state index contributed by atoms with van der Waals surface area (Å²) in [6.07, 6.45) is 6.31. The minimum atomic E-state index is 0.485. The topological polar surface area (TPSA) is 21.3 Å². The van der Waals surface area contributed by atoms with E-state index in [1.165, 1.54) is 36.1 Å². The average molecular weight is 305 g/mol. The first-order valence-corrected chi connectivity index (χ1v) is 9.50. The molecule has 1 aliphatic heterocycles. The summed E-state index contributed by atoms with van der Waals surface area (Å²) in [5, 5.41) is 4.75. The fourth-order valence-corrected chi connectivity index (χ4v) is 4.87. The van der Waals surface area contributed by atoms with Crippen LogP contribution in [0, 0.1) is 0 Å². The Kier molecular flexibility index (Phi) is 5.12. The maximum absolute atomic E-state index is 5.63. The van der Waals surface area contributed by atoms with Gasteiger partial charge in [0, 0.05) is 23.8 Å². The van der Waals surface area contributed by atoms with E-state index in [1.807, 2.05) is 0 Å². The van der Waals surface area contributed by atoms with Gasteiger partial charge in [0.05, 0.1) is 6.61 Å². The molecule has 3 heteroatoms. The summed E-state index contributed by atoms with van der Waals surface area (Å²) in [6, 6.07) is 7.95. The Bertz CT molecular complexity index is 476. The van der Waals surface area contributed by atoms with Crippen molar-refractivity contribution >= 4 is 11.8 Å². The Balaban J connectivity index is 1.70. The highest BCUT2D eigenvalue weighted by Crippen LogP contribution is 2.33. The molecule has 3 unspecified atom stereocenters. The molecule has 2 aliphatic rings. The molecule has 1 aliphatic carbocycles. The van der Waals surface area contributed by atoms with Gasteiger partial charge in [-0.1, -0.05) is 32.4 Å². The van der Waals surface area contributed by atoms with Crippen molar-refractivity contribution in [3.8, 4) is 5.75 Å². The summed E-state index contributed by atoms with van der Waals surface area (Å²) in [5.41, 5.74) is 2.83. The van der Waals surface area contributed by atoms with Gasteiger partial charge in [-0.25, -0.2) is 0 Å². The Morgan fingerprint density at radius 2 is 2.24 bits per heavy atom. The summed E-state index contributed by atoms with van der Waals surface area (Å²) in [6.45, 7) is 5.41. The zero-order valence-corrected chi connectivity index (χ0v) is 14.0. The van der Waals surface area contributed by atoms with Crippen LogP contribution in [0.2, 0.25) is 0 Å². The van der Waals surface area contributed by atoms with Gasteiger partial charge >= 0.3 is 0 Å². The quantitative estimate of drug-likeness (QED) is 0.845. The van der Waals surface area contributed by atoms with Crippen molar-refractivity contribution in [3.63, 3.8) is 0 Å². The summed E-state index contributed by atoms with van der Waals surface area (Å²) >= 11 is 2.13. The van der Waals surface area contributed by atoms with E-state index in [0.717, 1.165) is 30.4 Å². The lowest BCUT2D eigenvalue weighted by atomic mass is 9.99. The molecule has 1 aromatic rings. The summed E-state index contributed by atoms with van der Waals surface area (Å²) in [7, 11) is 0. The highest BCUT2D eigenvalue weighted by molar-refractivity contribution is 7.99. The normalized spacial score (nSPS) is 25.6. The smallest absolute Gasteiger partial charge is 0.122 e. The number of rotatable bonds is 6. The molecule has 21 heavy (non-hydrogen) atoms. The molecule has 1 aromatic carbocycles. The second-order valence-corrected chi connectivity index (χ2v) is 7.64. The van der Waals surface area contributed by atoms with E-state index in [4.69, 9.17) is 4.74 Å². The molecule has 0 aromatic heterocycles. The zero-order chi connectivity index (χ0) is 14.7. The Hall–Kier alpha value is -0.670. The SMILES string of the molecule is CCSC1CCCC1NC(CC)c1ccc2c(c1)CCO2. The van der Waals surface area contributed by atoms with Gasteiger partial charge in [-0.15, -0.1) is 0 Å². The van der Waals surface area contributed by atoms with Gasteiger partial charge in [-0.3, -0.25) is 0 Å². The van der Waals surface area contributed by atoms with Crippen LogP contribution in [0.25, 0.3) is 0 Å². The summed E-state index contributed by atoms with van der Waals surface area (Å²) in [4.78, 5) is 0. The first kappa shape index (κ1) is 15.2. The number of fused-ring (bicyclic) bond motifs is 1. The molecule has 1 fully saturated rings. The van der Waals surface area contributed by atoms with Crippen LogP contribution in [0.15, 0.2) is 18.2 Å². The van der Waals surface area contributed by atoms with Gasteiger partial charge in [0.25, 0.3) is 0 Å². The third kappa shape index (κ3) is 3.40. The van der Waals surface area contributed by atoms with Crippen LogP contribution in [-0.2, 0) is 6.42 Å². The van der Waals surface area contributed by atoms with Crippen molar-refractivity contribution < 1.29 is 4.74 Å². The van der Waals surface area contributed by atoms with Crippen molar-refractivity contribution in [2.75, 3.05) is 12.4 Å². The second kappa shape index (κ2) is 7.06. The fraction of sp³-hybridized carbons (Fsp3) is 0.667. The van der Waals surface area contributed by atoms with E-state index in [2.05, 4.69) is 49.1 Å². The van der Waals surface area contributed by atoms with Crippen LogP contribution < -0.4 is 10.1 Å². The van der Waals surface area contributed by atoms with Crippen molar-refractivity contribution in [1.29, 1.82) is 0 Å². The largest absolute Gasteiger partial charge is 0.493 e. The van der Waals surface area contributed by atoms with Crippen molar-refractivity contribution in [1.82, 2.24) is 5.32 Å². The van der Waals surface area contributed by atoms with Gasteiger partial charge in [0.1, 0.15) is 5.75 Å². The summed E-state index contributed by atoms with van der Waals surface area (Å²) in [5.74, 6) is 2.32. The standard InChI is InChI=1S/C18H27NOS/c1-3-15(19-16-6-5-7-18(16)21-4-2)13-8-9-17-14(12-13)10-11-20-17/h8-9,12,15-16,18-19H,3-7,10-11H2,1-2H3. The molecule has 1 heterocycles. The maximum atomic E-state index is 5.63. The van der Waals surface area contributed by atoms with Gasteiger partial charge in [0.15, 0.2) is 0 Å². The first-order chi connectivity index (χ1) is 10.3. The monoisotopic (exact) mass is 305 g/mol. The number of thioether (sulfide) groups is 1. The van der Waals surface area contributed by atoms with E-state index in [0.29, 0.717) is 12.1 Å². The van der Waals surface area contributed by atoms with E-state index >= 15 is 0 Å². The molecule has 0 radical (unpaired) electrons. The van der Waals surface area contributed by atoms with Gasteiger partial charge in [-0.2, -0.15) is 11.8 Å². The van der Waals surface area contributed by atoms with Crippen molar-refractivity contribution in [3.05, 3.63) is 29.3 Å². The van der Waals surface area contributed by atoms with E-state index in [-0.39, 0.29) is 0 Å². The molecule has 0 bridgehead atoms. The predicted molar refractivity (Wildman–Crippen MR) is 91.4 cm³/mol. The number of hydrogen-bond acceptors (Lipinski definition) is 3. The van der Waals surface area contributed by atoms with Crippen LogP contribution in [0.4, 0.5) is 0 Å². The Morgan fingerprint density at radius 1 is 1.33 bits per heavy atom. The number of ether oxygens (including phenoxy) is 1. The van der Waals surface area contributed by atoms with Gasteiger partial charge < -0.3 is 10.1 Å². The molecule has 2 nitrogen and oxygen atoms in total. The molecule has 1 N–H and O–H groups in total. The van der Waals surface area contributed by atoms with Gasteiger partial charge in [-0.05, 0) is 42.2 Å². The third-order valence-electron chi connectivity index (χ3n) is 4.77. The van der Waals surface area contributed by atoms with Crippen LogP contribution in [0.1, 0.15) is 56.7 Å². The molecule has 0 saturated heterocycles. The minimum Gasteiger partial charge on any atom is -0.493 e. The van der Waals surface area contributed by atoms with Crippen molar-refractivity contribution in [2.24, 2.45) is 0 Å². The van der Waals surface area contributed by atoms with E-state index < -0.39 is 0 Å². The number of nitrogens with one attached hydrogen (secondary N) is 1. The van der Waals surface area contributed by atoms with Crippen molar-refractivity contribution in [2.45, 2.75) is 63.3 Å². The Morgan fingerprint density at radius 3 is 3.05 bits per heavy atom. The first-order valence-electron chi connectivity index (χ1n) is 8.45. The summed E-state index contributed by atoms with van der Waals surface area (Å²) < 4.78 is 5.63. The number of hydrogen-bond donors (Lipinski definition) is 1. The lowest BCUT2D eigenvalue weighted by Crippen LogP contribution is -2.37. The highest BCUT2D eigenvalue weighted by atomic mass is 32.2. The van der Waals surface area contributed by atoms with Crippen LogP contribution in [0.5, 0.6) is 5.75 Å². The molecule has 116 valence electrons. The maximum Gasteiger partial charge on any atom is 0.122 e. The molecule has 0 spiro atoms. The molecule has 1 saturated carbocycles. The van der Waals surface area contributed by atoms with Crippen LogP contribution in [0.3, 0.4) is 0 Å². The molecular formula is C18H27NOS. The van der Waals surface area contributed by atoms with E-state index in [9.17, 15) is 0 Å². The minimum absolute atomic E-state index is 0.485. The third-order valence-corrected chi connectivity index (χ3v) is 6.10.